The summed E-state index contributed by atoms with van der Waals surface area (Å²) in [6.07, 6.45) is 2.38. The minimum Gasteiger partial charge on any atom is -0.462 e. The molecule has 1 N–H and O–H groups in total. The van der Waals surface area contributed by atoms with Crippen molar-refractivity contribution in [3.63, 3.8) is 0 Å². The summed E-state index contributed by atoms with van der Waals surface area (Å²) in [4.78, 5) is 35.7. The summed E-state index contributed by atoms with van der Waals surface area (Å²) in [5, 5.41) is 4.96. The van der Waals surface area contributed by atoms with E-state index >= 15 is 0 Å². The standard InChI is InChI=1S/C17H23NO5S/c1-4-22-17(21)14-12(7-10(2)3)9-24-15(14)18-13(19)8-23-16(20)11-5-6-11/h9-11H,4-8H2,1-3H3,(H,18,19). The molecule has 24 heavy (non-hydrogen) atoms. The van der Waals surface area contributed by atoms with Crippen LogP contribution in [0.2, 0.25) is 0 Å². The minimum atomic E-state index is -0.451. The van der Waals surface area contributed by atoms with Crippen molar-refractivity contribution in [1.29, 1.82) is 0 Å². The Balaban J connectivity index is 2.04. The maximum atomic E-state index is 12.2. The van der Waals surface area contributed by atoms with Gasteiger partial charge in [-0.2, -0.15) is 0 Å². The highest BCUT2D eigenvalue weighted by atomic mass is 32.1. The Morgan fingerprint density at radius 3 is 2.58 bits per heavy atom. The molecular formula is C17H23NO5S. The quantitative estimate of drug-likeness (QED) is 0.727. The van der Waals surface area contributed by atoms with E-state index in [1.54, 1.807) is 6.92 Å². The topological polar surface area (TPSA) is 81.7 Å². The second-order valence-corrected chi connectivity index (χ2v) is 7.09. The molecule has 0 aromatic carbocycles. The van der Waals surface area contributed by atoms with E-state index in [0.717, 1.165) is 24.8 Å². The van der Waals surface area contributed by atoms with Gasteiger partial charge < -0.3 is 14.8 Å². The molecule has 0 unspecified atom stereocenters. The number of amides is 1. The summed E-state index contributed by atoms with van der Waals surface area (Å²) in [5.74, 6) is -0.905. The molecule has 0 radical (unpaired) electrons. The molecule has 1 aliphatic rings. The van der Waals surface area contributed by atoms with Crippen LogP contribution in [0.4, 0.5) is 5.00 Å². The Hall–Kier alpha value is -1.89. The van der Waals surface area contributed by atoms with Crippen molar-refractivity contribution in [3.8, 4) is 0 Å². The maximum Gasteiger partial charge on any atom is 0.341 e. The third-order valence-electron chi connectivity index (χ3n) is 3.48. The van der Waals surface area contributed by atoms with E-state index in [9.17, 15) is 14.4 Å². The number of hydrogen-bond donors (Lipinski definition) is 1. The Morgan fingerprint density at radius 2 is 2.00 bits per heavy atom. The van der Waals surface area contributed by atoms with Gasteiger partial charge in [0.05, 0.1) is 18.1 Å². The number of thiophene rings is 1. The first kappa shape index (κ1) is 18.4. The Bertz CT molecular complexity index is 618. The van der Waals surface area contributed by atoms with E-state index in [0.29, 0.717) is 16.5 Å². The largest absolute Gasteiger partial charge is 0.462 e. The fourth-order valence-corrected chi connectivity index (χ4v) is 3.22. The lowest BCUT2D eigenvalue weighted by Gasteiger charge is -2.10. The van der Waals surface area contributed by atoms with Gasteiger partial charge in [0.1, 0.15) is 5.00 Å². The van der Waals surface area contributed by atoms with E-state index < -0.39 is 11.9 Å². The van der Waals surface area contributed by atoms with Gasteiger partial charge in [-0.3, -0.25) is 9.59 Å². The van der Waals surface area contributed by atoms with E-state index in [1.165, 1.54) is 11.3 Å². The van der Waals surface area contributed by atoms with Gasteiger partial charge in [0.15, 0.2) is 6.61 Å². The summed E-state index contributed by atoms with van der Waals surface area (Å²) < 4.78 is 10.1. The Kier molecular flexibility index (Phi) is 6.36. The third-order valence-corrected chi connectivity index (χ3v) is 4.43. The predicted molar refractivity (Wildman–Crippen MR) is 91.1 cm³/mol. The molecule has 1 fully saturated rings. The van der Waals surface area contributed by atoms with Gasteiger partial charge in [0.2, 0.25) is 0 Å². The average molecular weight is 353 g/mol. The normalized spacial score (nSPS) is 13.7. The molecule has 2 rings (SSSR count). The zero-order chi connectivity index (χ0) is 17.7. The van der Waals surface area contributed by atoms with Crippen LogP contribution in [-0.2, 0) is 25.5 Å². The highest BCUT2D eigenvalue weighted by Gasteiger charge is 2.31. The minimum absolute atomic E-state index is 0.0488. The van der Waals surface area contributed by atoms with Gasteiger partial charge in [0, 0.05) is 0 Å². The average Bonchev–Trinajstić information content (AvgIpc) is 3.28. The molecule has 0 aliphatic heterocycles. The molecule has 0 spiro atoms. The summed E-state index contributed by atoms with van der Waals surface area (Å²) in [5.41, 5.74) is 1.26. The van der Waals surface area contributed by atoms with Crippen LogP contribution in [0.5, 0.6) is 0 Å². The van der Waals surface area contributed by atoms with Crippen LogP contribution in [0.1, 0.15) is 49.5 Å². The van der Waals surface area contributed by atoms with E-state index in [4.69, 9.17) is 9.47 Å². The van der Waals surface area contributed by atoms with Gasteiger partial charge in [0.25, 0.3) is 5.91 Å². The molecule has 1 aromatic rings. The summed E-state index contributed by atoms with van der Waals surface area (Å²) in [6.45, 7) is 5.78. The monoisotopic (exact) mass is 353 g/mol. The van der Waals surface area contributed by atoms with Crippen molar-refractivity contribution >= 4 is 34.2 Å². The second kappa shape index (κ2) is 8.28. The van der Waals surface area contributed by atoms with Crippen molar-refractivity contribution in [2.75, 3.05) is 18.5 Å². The van der Waals surface area contributed by atoms with Gasteiger partial charge in [-0.1, -0.05) is 13.8 Å². The van der Waals surface area contributed by atoms with Crippen molar-refractivity contribution in [2.24, 2.45) is 11.8 Å². The molecule has 1 amide bonds. The SMILES string of the molecule is CCOC(=O)c1c(CC(C)C)csc1NC(=O)COC(=O)C1CC1. The summed E-state index contributed by atoms with van der Waals surface area (Å²) in [6, 6.07) is 0. The van der Waals surface area contributed by atoms with Crippen LogP contribution in [0.25, 0.3) is 0 Å². The zero-order valence-electron chi connectivity index (χ0n) is 14.2. The molecule has 1 heterocycles. The number of ether oxygens (including phenoxy) is 2. The van der Waals surface area contributed by atoms with Crippen LogP contribution in [0.15, 0.2) is 5.38 Å². The number of carbonyl (C=O) groups is 3. The van der Waals surface area contributed by atoms with Crippen molar-refractivity contribution in [2.45, 2.75) is 40.0 Å². The smallest absolute Gasteiger partial charge is 0.341 e. The molecule has 1 aromatic heterocycles. The second-order valence-electron chi connectivity index (χ2n) is 6.21. The lowest BCUT2D eigenvalue weighted by Crippen LogP contribution is -2.22. The predicted octanol–water partition coefficient (Wildman–Crippen LogP) is 3.02. The lowest BCUT2D eigenvalue weighted by molar-refractivity contribution is -0.148. The molecule has 7 heteroatoms. The fourth-order valence-electron chi connectivity index (χ4n) is 2.24. The molecule has 1 aliphatic carbocycles. The molecular weight excluding hydrogens is 330 g/mol. The van der Waals surface area contributed by atoms with Crippen LogP contribution < -0.4 is 5.32 Å². The fraction of sp³-hybridized carbons (Fsp3) is 0.588. The first-order chi connectivity index (χ1) is 11.4. The van der Waals surface area contributed by atoms with E-state index in [2.05, 4.69) is 19.2 Å². The summed E-state index contributed by atoms with van der Waals surface area (Å²) >= 11 is 1.28. The molecule has 0 saturated heterocycles. The van der Waals surface area contributed by atoms with Crippen LogP contribution in [-0.4, -0.2) is 31.1 Å². The van der Waals surface area contributed by atoms with Crippen molar-refractivity contribution in [3.05, 3.63) is 16.5 Å². The Morgan fingerprint density at radius 1 is 1.29 bits per heavy atom. The lowest BCUT2D eigenvalue weighted by atomic mass is 10.0. The first-order valence-electron chi connectivity index (χ1n) is 8.16. The number of nitrogens with one attached hydrogen (secondary N) is 1. The highest BCUT2D eigenvalue weighted by molar-refractivity contribution is 7.15. The van der Waals surface area contributed by atoms with Crippen LogP contribution >= 0.6 is 11.3 Å². The van der Waals surface area contributed by atoms with Gasteiger partial charge >= 0.3 is 11.9 Å². The molecule has 0 bridgehead atoms. The third kappa shape index (κ3) is 5.06. The number of esters is 2. The molecule has 132 valence electrons. The number of rotatable bonds is 8. The number of carbonyl (C=O) groups excluding carboxylic acids is 3. The highest BCUT2D eigenvalue weighted by Crippen LogP contribution is 2.31. The number of anilines is 1. The maximum absolute atomic E-state index is 12.2. The van der Waals surface area contributed by atoms with Crippen LogP contribution in [0.3, 0.4) is 0 Å². The van der Waals surface area contributed by atoms with E-state index in [1.807, 2.05) is 5.38 Å². The Labute approximate surface area is 145 Å². The van der Waals surface area contributed by atoms with Gasteiger partial charge in [-0.25, -0.2) is 4.79 Å². The first-order valence-corrected chi connectivity index (χ1v) is 9.04. The van der Waals surface area contributed by atoms with Crippen LogP contribution in [0, 0.1) is 11.8 Å². The molecule has 6 nitrogen and oxygen atoms in total. The van der Waals surface area contributed by atoms with Gasteiger partial charge in [-0.05, 0) is 43.0 Å². The number of hydrogen-bond acceptors (Lipinski definition) is 6. The van der Waals surface area contributed by atoms with Crippen molar-refractivity contribution in [1.82, 2.24) is 0 Å². The van der Waals surface area contributed by atoms with Gasteiger partial charge in [-0.15, -0.1) is 11.3 Å². The van der Waals surface area contributed by atoms with E-state index in [-0.39, 0.29) is 25.1 Å². The zero-order valence-corrected chi connectivity index (χ0v) is 15.0. The molecule has 0 atom stereocenters. The molecule has 1 saturated carbocycles. The summed E-state index contributed by atoms with van der Waals surface area (Å²) in [7, 11) is 0. The van der Waals surface area contributed by atoms with Crippen molar-refractivity contribution < 1.29 is 23.9 Å².